The second kappa shape index (κ2) is 6.75. The lowest BCUT2D eigenvalue weighted by Crippen LogP contribution is -2.23. The number of hydrogen-bond donors (Lipinski definition) is 0. The molecule has 0 fully saturated rings. The van der Waals surface area contributed by atoms with Crippen LogP contribution in [0.5, 0.6) is 0 Å². The van der Waals surface area contributed by atoms with Crippen LogP contribution >= 0.6 is 15.9 Å². The van der Waals surface area contributed by atoms with Gasteiger partial charge in [0.2, 0.25) is 5.78 Å². The highest BCUT2D eigenvalue weighted by atomic mass is 79.9. The summed E-state index contributed by atoms with van der Waals surface area (Å²) in [5.74, 6) is 0.807. The van der Waals surface area contributed by atoms with Gasteiger partial charge in [0.1, 0.15) is 11.6 Å². The highest BCUT2D eigenvalue weighted by molar-refractivity contribution is 9.18. The molecule has 2 aromatic heterocycles. The zero-order valence-electron chi connectivity index (χ0n) is 14.2. The standard InChI is InChI=1S/C18H17BrFN5O/c1-2-3-6-9-24-15-12(10-14(19)21-15)17(26)25-16(22-23-18(24)25)11-7-4-5-8-13(11)20/h4-5,7-8H,2-3,6,9-10H2,1H3. The van der Waals surface area contributed by atoms with Crippen LogP contribution in [0.4, 0.5) is 10.2 Å². The molecule has 1 aromatic carbocycles. The minimum absolute atomic E-state index is 0.221. The van der Waals surface area contributed by atoms with Crippen molar-refractivity contribution in [3.63, 3.8) is 0 Å². The van der Waals surface area contributed by atoms with Crippen molar-refractivity contribution in [1.82, 2.24) is 19.2 Å². The molecule has 6 nitrogen and oxygen atoms in total. The first-order chi connectivity index (χ1) is 12.6. The predicted octanol–water partition coefficient (Wildman–Crippen LogP) is 3.87. The summed E-state index contributed by atoms with van der Waals surface area (Å²) in [5.41, 5.74) is 0.594. The molecule has 0 aliphatic carbocycles. The van der Waals surface area contributed by atoms with Crippen molar-refractivity contribution in [2.45, 2.75) is 39.2 Å². The van der Waals surface area contributed by atoms with Crippen molar-refractivity contribution < 1.29 is 4.39 Å². The summed E-state index contributed by atoms with van der Waals surface area (Å²) >= 11 is 3.40. The van der Waals surface area contributed by atoms with Crippen molar-refractivity contribution >= 4 is 32.1 Å². The van der Waals surface area contributed by atoms with Gasteiger partial charge in [-0.25, -0.2) is 13.8 Å². The van der Waals surface area contributed by atoms with Crippen LogP contribution in [0.15, 0.2) is 34.1 Å². The fraction of sp³-hybridized carbons (Fsp3) is 0.333. The first-order valence-corrected chi connectivity index (χ1v) is 9.40. The molecule has 134 valence electrons. The van der Waals surface area contributed by atoms with Crippen LogP contribution in [0, 0.1) is 5.82 Å². The lowest BCUT2D eigenvalue weighted by atomic mass is 10.2. The van der Waals surface area contributed by atoms with E-state index in [4.69, 9.17) is 0 Å². The van der Waals surface area contributed by atoms with E-state index in [0.29, 0.717) is 34.7 Å². The number of rotatable bonds is 5. The molecular weight excluding hydrogens is 401 g/mol. The topological polar surface area (TPSA) is 64.5 Å². The molecule has 0 amide bonds. The second-order valence-electron chi connectivity index (χ2n) is 6.27. The van der Waals surface area contributed by atoms with Crippen LogP contribution in [-0.2, 0) is 13.0 Å². The van der Waals surface area contributed by atoms with Crippen LogP contribution in [0.1, 0.15) is 31.7 Å². The molecule has 3 aromatic rings. The number of benzene rings is 1. The number of unbranched alkanes of at least 4 members (excludes halogenated alkanes) is 2. The molecule has 26 heavy (non-hydrogen) atoms. The van der Waals surface area contributed by atoms with Crippen molar-refractivity contribution in [2.24, 2.45) is 4.99 Å². The third kappa shape index (κ3) is 2.68. The molecular formula is C18H17BrFN5O. The van der Waals surface area contributed by atoms with Gasteiger partial charge in [0, 0.05) is 13.0 Å². The maximum absolute atomic E-state index is 14.3. The van der Waals surface area contributed by atoms with Gasteiger partial charge < -0.3 is 0 Å². The molecule has 0 saturated heterocycles. The minimum atomic E-state index is -0.434. The molecule has 0 radical (unpaired) electrons. The van der Waals surface area contributed by atoms with Gasteiger partial charge in [0.15, 0.2) is 5.82 Å². The number of aliphatic imine (C=N–C) groups is 1. The van der Waals surface area contributed by atoms with Gasteiger partial charge in [-0.2, -0.15) is 0 Å². The predicted molar refractivity (Wildman–Crippen MR) is 102 cm³/mol. The van der Waals surface area contributed by atoms with Gasteiger partial charge in [-0.05, 0) is 34.5 Å². The molecule has 4 rings (SSSR count). The van der Waals surface area contributed by atoms with E-state index in [-0.39, 0.29) is 16.9 Å². The van der Waals surface area contributed by atoms with E-state index < -0.39 is 5.82 Å². The van der Waals surface area contributed by atoms with Gasteiger partial charge in [0.25, 0.3) is 5.56 Å². The molecule has 3 heterocycles. The first-order valence-electron chi connectivity index (χ1n) is 8.60. The van der Waals surface area contributed by atoms with Gasteiger partial charge in [-0.1, -0.05) is 31.9 Å². The van der Waals surface area contributed by atoms with Crippen molar-refractivity contribution in [1.29, 1.82) is 0 Å². The monoisotopic (exact) mass is 417 g/mol. The summed E-state index contributed by atoms with van der Waals surface area (Å²) in [4.78, 5) is 17.6. The summed E-state index contributed by atoms with van der Waals surface area (Å²) in [7, 11) is 0. The second-order valence-corrected chi connectivity index (χ2v) is 7.19. The van der Waals surface area contributed by atoms with Crippen LogP contribution in [0.2, 0.25) is 0 Å². The van der Waals surface area contributed by atoms with Crippen molar-refractivity contribution in [3.8, 4) is 11.4 Å². The number of halogens is 2. The Morgan fingerprint density at radius 1 is 1.23 bits per heavy atom. The largest absolute Gasteiger partial charge is 0.294 e. The molecule has 0 atom stereocenters. The highest BCUT2D eigenvalue weighted by Gasteiger charge is 2.26. The fourth-order valence-corrected chi connectivity index (χ4v) is 3.70. The Kier molecular flexibility index (Phi) is 4.44. The van der Waals surface area contributed by atoms with Gasteiger partial charge in [-0.15, -0.1) is 10.2 Å². The Bertz CT molecular complexity index is 1090. The number of hydrogen-bond acceptors (Lipinski definition) is 4. The van der Waals surface area contributed by atoms with Gasteiger partial charge in [0.05, 0.1) is 15.7 Å². The lowest BCUT2D eigenvalue weighted by molar-refractivity contribution is 0.603. The SMILES string of the molecule is CCCCCn1c2c(c(=O)n3c(-c4ccccc4F)nnc13)CC(Br)=N2. The van der Waals surface area contributed by atoms with E-state index in [0.717, 1.165) is 19.3 Å². The maximum Gasteiger partial charge on any atom is 0.266 e. The summed E-state index contributed by atoms with van der Waals surface area (Å²) in [6.07, 6.45) is 3.51. The average molecular weight is 418 g/mol. The third-order valence-electron chi connectivity index (χ3n) is 4.52. The Morgan fingerprint density at radius 3 is 2.81 bits per heavy atom. The van der Waals surface area contributed by atoms with E-state index in [1.54, 1.807) is 18.2 Å². The lowest BCUT2D eigenvalue weighted by Gasteiger charge is -2.12. The highest BCUT2D eigenvalue weighted by Crippen LogP contribution is 2.29. The zero-order chi connectivity index (χ0) is 18.3. The Balaban J connectivity index is 1.98. The minimum Gasteiger partial charge on any atom is -0.294 e. The molecule has 0 spiro atoms. The zero-order valence-corrected chi connectivity index (χ0v) is 15.8. The van der Waals surface area contributed by atoms with Gasteiger partial charge >= 0.3 is 0 Å². The molecule has 1 aliphatic heterocycles. The normalized spacial score (nSPS) is 13.3. The Hall–Kier alpha value is -2.35. The Morgan fingerprint density at radius 2 is 2.04 bits per heavy atom. The number of aromatic nitrogens is 4. The van der Waals surface area contributed by atoms with Crippen LogP contribution in [0.3, 0.4) is 0 Å². The molecule has 0 N–H and O–H groups in total. The smallest absolute Gasteiger partial charge is 0.266 e. The van der Waals surface area contributed by atoms with Crippen LogP contribution in [-0.4, -0.2) is 23.8 Å². The van der Waals surface area contributed by atoms with E-state index in [2.05, 4.69) is 38.0 Å². The number of aryl methyl sites for hydroxylation is 1. The molecule has 0 saturated carbocycles. The summed E-state index contributed by atoms with van der Waals surface area (Å²) in [6, 6.07) is 6.27. The maximum atomic E-state index is 14.3. The average Bonchev–Trinajstić information content (AvgIpc) is 3.22. The van der Waals surface area contributed by atoms with Gasteiger partial charge in [-0.3, -0.25) is 9.36 Å². The summed E-state index contributed by atoms with van der Waals surface area (Å²) in [5, 5.41) is 8.33. The molecule has 1 aliphatic rings. The molecule has 8 heteroatoms. The third-order valence-corrected chi connectivity index (χ3v) is 4.98. The number of fused-ring (bicyclic) bond motifs is 2. The van der Waals surface area contributed by atoms with E-state index in [1.165, 1.54) is 10.5 Å². The van der Waals surface area contributed by atoms with Crippen LogP contribution < -0.4 is 5.56 Å². The molecule has 0 bridgehead atoms. The van der Waals surface area contributed by atoms with Crippen molar-refractivity contribution in [2.75, 3.05) is 0 Å². The summed E-state index contributed by atoms with van der Waals surface area (Å²) in [6.45, 7) is 2.81. The van der Waals surface area contributed by atoms with Crippen molar-refractivity contribution in [3.05, 3.63) is 46.0 Å². The quantitative estimate of drug-likeness (QED) is 0.591. The first kappa shape index (κ1) is 17.1. The van der Waals surface area contributed by atoms with E-state index >= 15 is 0 Å². The Labute approximate surface area is 157 Å². The van der Waals surface area contributed by atoms with E-state index in [1.807, 2.05) is 4.57 Å². The van der Waals surface area contributed by atoms with E-state index in [9.17, 15) is 9.18 Å². The fourth-order valence-electron chi connectivity index (χ4n) is 3.25. The number of nitrogens with zero attached hydrogens (tertiary/aromatic N) is 5. The molecule has 0 unspecified atom stereocenters. The summed E-state index contributed by atoms with van der Waals surface area (Å²) < 4.78 is 18.3. The van der Waals surface area contributed by atoms with Crippen LogP contribution in [0.25, 0.3) is 17.2 Å².